The number of hydrogen-bond donors (Lipinski definition) is 1. The normalized spacial score (nSPS) is 27.8. The Morgan fingerprint density at radius 1 is 0.971 bits per heavy atom. The van der Waals surface area contributed by atoms with Crippen LogP contribution in [0, 0.1) is 17.7 Å². The molecule has 0 aliphatic carbocycles. The van der Waals surface area contributed by atoms with Crippen molar-refractivity contribution in [2.45, 2.75) is 23.8 Å². The van der Waals surface area contributed by atoms with Crippen LogP contribution >= 0.6 is 11.6 Å². The van der Waals surface area contributed by atoms with Crippen LogP contribution in [0.1, 0.15) is 12.8 Å². The highest BCUT2D eigenvalue weighted by Gasteiger charge is 2.41. The van der Waals surface area contributed by atoms with Crippen LogP contribution in [-0.2, 0) is 10.0 Å². The van der Waals surface area contributed by atoms with E-state index in [1.165, 1.54) is 18.6 Å². The fourth-order valence-electron chi connectivity index (χ4n) is 5.74. The van der Waals surface area contributed by atoms with Crippen molar-refractivity contribution in [1.82, 2.24) is 14.5 Å². The zero-order valence-electron chi connectivity index (χ0n) is 19.2. The fraction of sp³-hybridized carbons (Fsp3) is 0.520. The lowest BCUT2D eigenvalue weighted by Gasteiger charge is -2.51. The molecule has 0 spiro atoms. The van der Waals surface area contributed by atoms with Crippen LogP contribution in [0.3, 0.4) is 0 Å². The first kappa shape index (κ1) is 24.0. The number of rotatable bonds is 7. The molecule has 4 saturated heterocycles. The number of hydrogen-bond acceptors (Lipinski definition) is 5. The van der Waals surface area contributed by atoms with Gasteiger partial charge in [0.15, 0.2) is 0 Å². The average Bonchev–Trinajstić information content (AvgIpc) is 2.85. The highest BCUT2D eigenvalue weighted by atomic mass is 35.5. The van der Waals surface area contributed by atoms with Crippen molar-refractivity contribution < 1.29 is 12.8 Å². The molecule has 0 radical (unpaired) electrons. The summed E-state index contributed by atoms with van der Waals surface area (Å²) in [5, 5.41) is 0.526. The maximum atomic E-state index is 13.2. The van der Waals surface area contributed by atoms with E-state index in [9.17, 15) is 12.8 Å². The molecule has 9 heteroatoms. The van der Waals surface area contributed by atoms with Crippen molar-refractivity contribution in [3.8, 4) is 0 Å². The van der Waals surface area contributed by atoms with Gasteiger partial charge in [0.05, 0.1) is 4.90 Å². The van der Waals surface area contributed by atoms with Crippen molar-refractivity contribution in [1.29, 1.82) is 0 Å². The standard InChI is InChI=1S/C25H32ClFN4O2S/c26-21-1-7-25(8-2-21)34(32,33)28-16-24-15-19-9-10-31(24)18-20(19)17-29-11-13-30(14-12-29)23-5-3-22(27)4-6-23/h1-8,19-20,24,28H,9-18H2. The van der Waals surface area contributed by atoms with Crippen molar-refractivity contribution in [2.75, 3.05) is 57.3 Å². The number of benzene rings is 2. The zero-order chi connectivity index (χ0) is 23.7. The minimum absolute atomic E-state index is 0.194. The molecule has 34 heavy (non-hydrogen) atoms. The lowest BCUT2D eigenvalue weighted by atomic mass is 9.75. The van der Waals surface area contributed by atoms with Gasteiger partial charge in [0.1, 0.15) is 5.82 Å². The molecule has 184 valence electrons. The Hall–Kier alpha value is -1.71. The Labute approximate surface area is 206 Å². The second-order valence-corrected chi connectivity index (χ2v) is 12.0. The van der Waals surface area contributed by atoms with E-state index < -0.39 is 10.0 Å². The largest absolute Gasteiger partial charge is 0.369 e. The number of anilines is 1. The maximum absolute atomic E-state index is 13.2. The Balaban J connectivity index is 1.10. The van der Waals surface area contributed by atoms with E-state index in [2.05, 4.69) is 19.4 Å². The van der Waals surface area contributed by atoms with Crippen LogP contribution < -0.4 is 9.62 Å². The number of halogens is 2. The average molecular weight is 507 g/mol. The molecule has 0 amide bonds. The summed E-state index contributed by atoms with van der Waals surface area (Å²) in [6.07, 6.45) is 2.24. The van der Waals surface area contributed by atoms with Crippen LogP contribution in [0.5, 0.6) is 0 Å². The highest BCUT2D eigenvalue weighted by molar-refractivity contribution is 7.89. The lowest BCUT2D eigenvalue weighted by Crippen LogP contribution is -2.59. The van der Waals surface area contributed by atoms with Gasteiger partial charge in [0, 0.05) is 62.6 Å². The van der Waals surface area contributed by atoms with E-state index in [-0.39, 0.29) is 16.8 Å². The van der Waals surface area contributed by atoms with Gasteiger partial charge >= 0.3 is 0 Å². The van der Waals surface area contributed by atoms with Gasteiger partial charge < -0.3 is 4.90 Å². The van der Waals surface area contributed by atoms with Crippen molar-refractivity contribution in [2.24, 2.45) is 11.8 Å². The molecule has 2 aromatic carbocycles. The van der Waals surface area contributed by atoms with E-state index in [0.717, 1.165) is 57.9 Å². The predicted octanol–water partition coefficient (Wildman–Crippen LogP) is 3.29. The van der Waals surface area contributed by atoms with E-state index in [4.69, 9.17) is 11.6 Å². The molecule has 0 aromatic heterocycles. The number of piperidine rings is 3. The van der Waals surface area contributed by atoms with Crippen molar-refractivity contribution in [3.63, 3.8) is 0 Å². The summed E-state index contributed by atoms with van der Waals surface area (Å²) in [6, 6.07) is 13.3. The van der Waals surface area contributed by atoms with Gasteiger partial charge in [-0.15, -0.1) is 0 Å². The van der Waals surface area contributed by atoms with Crippen molar-refractivity contribution >= 4 is 27.3 Å². The highest BCUT2D eigenvalue weighted by Crippen LogP contribution is 2.37. The topological polar surface area (TPSA) is 55.9 Å². The summed E-state index contributed by atoms with van der Waals surface area (Å²) in [7, 11) is -3.53. The Morgan fingerprint density at radius 2 is 1.68 bits per heavy atom. The minimum atomic E-state index is -3.53. The Morgan fingerprint density at radius 3 is 2.32 bits per heavy atom. The zero-order valence-corrected chi connectivity index (χ0v) is 20.8. The van der Waals surface area contributed by atoms with Crippen LogP contribution in [0.15, 0.2) is 53.4 Å². The van der Waals surface area contributed by atoms with E-state index in [1.54, 1.807) is 24.3 Å². The molecule has 6 rings (SSSR count). The molecule has 4 fully saturated rings. The summed E-state index contributed by atoms with van der Waals surface area (Å²) in [6.45, 7) is 7.59. The molecule has 4 unspecified atom stereocenters. The third-order valence-corrected chi connectivity index (χ3v) is 9.40. The SMILES string of the molecule is O=S(=O)(NCC1CC2CCN1CC2CN1CCN(c2ccc(F)cc2)CC1)c1ccc(Cl)cc1. The van der Waals surface area contributed by atoms with Gasteiger partial charge in [-0.25, -0.2) is 17.5 Å². The van der Waals surface area contributed by atoms with Crippen LogP contribution in [0.4, 0.5) is 10.1 Å². The van der Waals surface area contributed by atoms with Gasteiger partial charge in [0.25, 0.3) is 0 Å². The number of fused-ring (bicyclic) bond motifs is 3. The second kappa shape index (κ2) is 10.1. The van der Waals surface area contributed by atoms with Crippen LogP contribution in [-0.4, -0.2) is 76.6 Å². The molecule has 0 saturated carbocycles. The summed E-state index contributed by atoms with van der Waals surface area (Å²) in [4.78, 5) is 7.62. The van der Waals surface area contributed by atoms with Crippen LogP contribution in [0.25, 0.3) is 0 Å². The lowest BCUT2D eigenvalue weighted by molar-refractivity contribution is -0.0107. The monoisotopic (exact) mass is 506 g/mol. The molecule has 2 aromatic rings. The first-order valence-electron chi connectivity index (χ1n) is 12.1. The number of sulfonamides is 1. The molecule has 2 bridgehead atoms. The van der Waals surface area contributed by atoms with Crippen LogP contribution in [0.2, 0.25) is 5.02 Å². The van der Waals surface area contributed by atoms with E-state index in [0.29, 0.717) is 23.4 Å². The first-order valence-corrected chi connectivity index (χ1v) is 14.0. The Kier molecular flexibility index (Phi) is 7.14. The fourth-order valence-corrected chi connectivity index (χ4v) is 6.94. The minimum Gasteiger partial charge on any atom is -0.369 e. The Bertz CT molecular complexity index is 1080. The van der Waals surface area contributed by atoms with Gasteiger partial charge in [-0.3, -0.25) is 9.80 Å². The molecule has 4 aliphatic heterocycles. The molecular formula is C25H32ClFN4O2S. The third kappa shape index (κ3) is 5.41. The maximum Gasteiger partial charge on any atom is 0.240 e. The molecule has 6 nitrogen and oxygen atoms in total. The van der Waals surface area contributed by atoms with Crippen molar-refractivity contribution in [3.05, 3.63) is 59.4 Å². The number of piperazine rings is 1. The summed E-state index contributed by atoms with van der Waals surface area (Å²) >= 11 is 5.89. The van der Waals surface area contributed by atoms with E-state index in [1.807, 2.05) is 12.1 Å². The molecule has 1 N–H and O–H groups in total. The molecular weight excluding hydrogens is 475 g/mol. The van der Waals surface area contributed by atoms with E-state index >= 15 is 0 Å². The van der Waals surface area contributed by atoms with Gasteiger partial charge in [-0.05, 0) is 79.8 Å². The third-order valence-electron chi connectivity index (χ3n) is 7.70. The first-order chi connectivity index (χ1) is 16.4. The molecule has 4 heterocycles. The predicted molar refractivity (Wildman–Crippen MR) is 133 cm³/mol. The van der Waals surface area contributed by atoms with Gasteiger partial charge in [-0.1, -0.05) is 11.6 Å². The molecule has 4 atom stereocenters. The summed E-state index contributed by atoms with van der Waals surface area (Å²) < 4.78 is 41.4. The number of nitrogens with one attached hydrogen (secondary N) is 1. The summed E-state index contributed by atoms with van der Waals surface area (Å²) in [5.74, 6) is 1.08. The van der Waals surface area contributed by atoms with Gasteiger partial charge in [0.2, 0.25) is 10.0 Å². The smallest absolute Gasteiger partial charge is 0.240 e. The quantitative estimate of drug-likeness (QED) is 0.624. The summed E-state index contributed by atoms with van der Waals surface area (Å²) in [5.41, 5.74) is 1.09. The second-order valence-electron chi connectivity index (χ2n) is 9.76. The molecule has 4 aliphatic rings. The van der Waals surface area contributed by atoms with Gasteiger partial charge in [-0.2, -0.15) is 0 Å². The number of nitrogens with zero attached hydrogens (tertiary/aromatic N) is 3.